The molecule has 0 aliphatic carbocycles. The molecule has 1 aromatic heterocycles. The molecule has 0 bridgehead atoms. The van der Waals surface area contributed by atoms with Crippen LogP contribution >= 0.6 is 0 Å². The molecule has 0 aliphatic rings. The van der Waals surface area contributed by atoms with E-state index in [1.165, 1.54) is 11.1 Å². The molecule has 1 heterocycles. The molecule has 2 aromatic rings. The first-order valence-electron chi connectivity index (χ1n) is 5.13. The molecular weight excluding hydrogens is 198 g/mol. The van der Waals surface area contributed by atoms with Gasteiger partial charge in [-0.25, -0.2) is 0 Å². The Hall–Kier alpha value is -1.90. The van der Waals surface area contributed by atoms with Gasteiger partial charge in [0, 0.05) is 7.05 Å². The number of benzene rings is 1. The molecule has 0 fully saturated rings. The maximum Gasteiger partial charge on any atom is 0.129 e. The number of aryl methyl sites for hydroxylation is 3. The van der Waals surface area contributed by atoms with Crippen LogP contribution in [-0.4, -0.2) is 14.8 Å². The van der Waals surface area contributed by atoms with Crippen LogP contribution < -0.4 is 0 Å². The summed E-state index contributed by atoms with van der Waals surface area (Å²) >= 11 is 0. The molecule has 0 radical (unpaired) electrons. The van der Waals surface area contributed by atoms with Crippen molar-refractivity contribution in [2.45, 2.75) is 13.8 Å². The Balaban J connectivity index is 0.000000165. The Kier molecular flexibility index (Phi) is 4.45. The average Bonchev–Trinajstić information content (AvgIpc) is 2.64. The largest absolute Gasteiger partial charge is 0.321 e. The van der Waals surface area contributed by atoms with Crippen LogP contribution in [0, 0.1) is 13.8 Å². The summed E-state index contributed by atoms with van der Waals surface area (Å²) in [5.41, 5.74) is 2.47. The molecule has 0 spiro atoms. The molecule has 0 unspecified atom stereocenters. The van der Waals surface area contributed by atoms with E-state index in [1.54, 1.807) is 6.33 Å². The third kappa shape index (κ3) is 3.69. The van der Waals surface area contributed by atoms with E-state index < -0.39 is 0 Å². The highest BCUT2D eigenvalue weighted by Crippen LogP contribution is 2.03. The SMILES string of the molecule is C=Cc1cccc(C)c1.Cc1nncn1C. The first-order valence-corrected chi connectivity index (χ1v) is 5.13. The number of aromatic nitrogens is 3. The van der Waals surface area contributed by atoms with E-state index in [2.05, 4.69) is 35.8 Å². The summed E-state index contributed by atoms with van der Waals surface area (Å²) in [5.74, 6) is 0.944. The van der Waals surface area contributed by atoms with Gasteiger partial charge in [-0.05, 0) is 19.4 Å². The summed E-state index contributed by atoms with van der Waals surface area (Å²) in [4.78, 5) is 0. The predicted octanol–water partition coefficient (Wildman–Crippen LogP) is 2.76. The van der Waals surface area contributed by atoms with Crippen molar-refractivity contribution < 1.29 is 0 Å². The van der Waals surface area contributed by atoms with Crippen molar-refractivity contribution in [1.82, 2.24) is 14.8 Å². The minimum absolute atomic E-state index is 0.944. The topological polar surface area (TPSA) is 30.7 Å². The van der Waals surface area contributed by atoms with Crippen LogP contribution in [0.3, 0.4) is 0 Å². The van der Waals surface area contributed by atoms with Crippen molar-refractivity contribution in [2.75, 3.05) is 0 Å². The van der Waals surface area contributed by atoms with E-state index >= 15 is 0 Å². The lowest BCUT2D eigenvalue weighted by molar-refractivity contribution is 0.858. The first kappa shape index (κ1) is 12.2. The Morgan fingerprint density at radius 1 is 1.31 bits per heavy atom. The molecule has 0 saturated carbocycles. The molecule has 3 nitrogen and oxygen atoms in total. The maximum atomic E-state index is 3.73. The molecule has 84 valence electrons. The summed E-state index contributed by atoms with van der Waals surface area (Å²) in [7, 11) is 1.91. The number of nitrogens with zero attached hydrogens (tertiary/aromatic N) is 3. The van der Waals surface area contributed by atoms with Gasteiger partial charge in [-0.1, -0.05) is 42.5 Å². The molecular formula is C13H17N3. The second kappa shape index (κ2) is 5.85. The van der Waals surface area contributed by atoms with E-state index in [-0.39, 0.29) is 0 Å². The summed E-state index contributed by atoms with van der Waals surface area (Å²) in [5, 5.41) is 7.36. The fraction of sp³-hybridized carbons (Fsp3) is 0.231. The molecule has 0 N–H and O–H groups in total. The lowest BCUT2D eigenvalue weighted by Gasteiger charge is -1.92. The second-order valence-electron chi connectivity index (χ2n) is 3.61. The van der Waals surface area contributed by atoms with Crippen LogP contribution in [0.4, 0.5) is 0 Å². The van der Waals surface area contributed by atoms with Gasteiger partial charge in [0.2, 0.25) is 0 Å². The Morgan fingerprint density at radius 3 is 2.38 bits per heavy atom. The molecule has 0 saturated heterocycles. The van der Waals surface area contributed by atoms with Crippen molar-refractivity contribution in [3.63, 3.8) is 0 Å². The molecule has 0 aliphatic heterocycles. The highest BCUT2D eigenvalue weighted by atomic mass is 15.2. The molecule has 0 amide bonds. The highest BCUT2D eigenvalue weighted by molar-refractivity contribution is 5.47. The smallest absolute Gasteiger partial charge is 0.129 e. The summed E-state index contributed by atoms with van der Waals surface area (Å²) in [6.45, 7) is 7.66. The van der Waals surface area contributed by atoms with Crippen molar-refractivity contribution in [3.05, 3.63) is 54.1 Å². The molecule has 1 aromatic carbocycles. The normalized spacial score (nSPS) is 9.19. The Morgan fingerprint density at radius 2 is 2.06 bits per heavy atom. The fourth-order valence-electron chi connectivity index (χ4n) is 1.14. The van der Waals surface area contributed by atoms with E-state index in [9.17, 15) is 0 Å². The van der Waals surface area contributed by atoms with Gasteiger partial charge in [-0.2, -0.15) is 0 Å². The van der Waals surface area contributed by atoms with Gasteiger partial charge in [0.05, 0.1) is 0 Å². The number of hydrogen-bond acceptors (Lipinski definition) is 2. The van der Waals surface area contributed by atoms with Crippen LogP contribution in [0.2, 0.25) is 0 Å². The Labute approximate surface area is 96.5 Å². The van der Waals surface area contributed by atoms with Crippen LogP contribution in [0.5, 0.6) is 0 Å². The van der Waals surface area contributed by atoms with E-state index in [0.29, 0.717) is 0 Å². The quantitative estimate of drug-likeness (QED) is 0.732. The zero-order valence-corrected chi connectivity index (χ0v) is 10.0. The van der Waals surface area contributed by atoms with Crippen LogP contribution in [-0.2, 0) is 7.05 Å². The van der Waals surface area contributed by atoms with Gasteiger partial charge in [-0.3, -0.25) is 0 Å². The van der Waals surface area contributed by atoms with Crippen molar-refractivity contribution in [1.29, 1.82) is 0 Å². The zero-order chi connectivity index (χ0) is 12.0. The third-order valence-corrected chi connectivity index (χ3v) is 2.22. The first-order chi connectivity index (χ1) is 7.63. The molecule has 0 atom stereocenters. The van der Waals surface area contributed by atoms with Crippen molar-refractivity contribution in [3.8, 4) is 0 Å². The van der Waals surface area contributed by atoms with Crippen LogP contribution in [0.1, 0.15) is 17.0 Å². The molecule has 16 heavy (non-hydrogen) atoms. The lowest BCUT2D eigenvalue weighted by Crippen LogP contribution is -1.86. The molecule has 2 rings (SSSR count). The van der Waals surface area contributed by atoms with Gasteiger partial charge in [0.15, 0.2) is 0 Å². The standard InChI is InChI=1S/C9H10.C4H7N3/c1-3-9-6-4-5-8(2)7-9;1-4-6-5-3-7(4)2/h3-7H,1H2,2H3;3H,1-2H3. The monoisotopic (exact) mass is 215 g/mol. The summed E-state index contributed by atoms with van der Waals surface area (Å²) < 4.78 is 1.86. The van der Waals surface area contributed by atoms with Gasteiger partial charge >= 0.3 is 0 Å². The van der Waals surface area contributed by atoms with Crippen LogP contribution in [0.25, 0.3) is 6.08 Å². The minimum atomic E-state index is 0.944. The average molecular weight is 215 g/mol. The number of rotatable bonds is 1. The van der Waals surface area contributed by atoms with Gasteiger partial charge in [-0.15, -0.1) is 10.2 Å². The Bertz CT molecular complexity index is 441. The van der Waals surface area contributed by atoms with Gasteiger partial charge in [0.1, 0.15) is 12.2 Å². The van der Waals surface area contributed by atoms with Gasteiger partial charge in [0.25, 0.3) is 0 Å². The third-order valence-electron chi connectivity index (χ3n) is 2.22. The second-order valence-corrected chi connectivity index (χ2v) is 3.61. The maximum absolute atomic E-state index is 3.73. The van der Waals surface area contributed by atoms with Crippen molar-refractivity contribution in [2.24, 2.45) is 7.05 Å². The fourth-order valence-corrected chi connectivity index (χ4v) is 1.14. The van der Waals surface area contributed by atoms with E-state index in [1.807, 2.05) is 36.7 Å². The van der Waals surface area contributed by atoms with Gasteiger partial charge < -0.3 is 4.57 Å². The summed E-state index contributed by atoms with van der Waals surface area (Å²) in [6, 6.07) is 8.26. The minimum Gasteiger partial charge on any atom is -0.321 e. The highest BCUT2D eigenvalue weighted by Gasteiger charge is 1.85. The molecule has 3 heteroatoms. The van der Waals surface area contributed by atoms with Crippen LogP contribution in [0.15, 0.2) is 37.2 Å². The van der Waals surface area contributed by atoms with E-state index in [4.69, 9.17) is 0 Å². The predicted molar refractivity (Wildman–Crippen MR) is 67.0 cm³/mol. The zero-order valence-electron chi connectivity index (χ0n) is 10.0. The lowest BCUT2D eigenvalue weighted by atomic mass is 10.1. The van der Waals surface area contributed by atoms with Crippen molar-refractivity contribution >= 4 is 6.08 Å². The number of hydrogen-bond donors (Lipinski definition) is 0. The summed E-state index contributed by atoms with van der Waals surface area (Å²) in [6.07, 6.45) is 3.53. The van der Waals surface area contributed by atoms with E-state index in [0.717, 1.165) is 5.82 Å².